The minimum absolute atomic E-state index is 0.302. The molecule has 0 nitrogen and oxygen atoms in total. The van der Waals surface area contributed by atoms with Crippen LogP contribution in [0.1, 0.15) is 16.5 Å². The largest absolute Gasteiger partial charge is 0.207 e. The fourth-order valence-corrected chi connectivity index (χ4v) is 2.38. The molecule has 1 unspecified atom stereocenters. The maximum absolute atomic E-state index is 13.4. The molecule has 0 saturated heterocycles. The van der Waals surface area contributed by atoms with Crippen LogP contribution in [0.3, 0.4) is 0 Å². The first kappa shape index (κ1) is 10.6. The van der Waals surface area contributed by atoms with Gasteiger partial charge in [0.15, 0.2) is 0 Å². The number of rotatable bonds is 2. The second kappa shape index (κ2) is 4.29. The summed E-state index contributed by atoms with van der Waals surface area (Å²) >= 11 is 7.57. The van der Waals surface area contributed by atoms with Gasteiger partial charge in [0.1, 0.15) is 11.6 Å². The van der Waals surface area contributed by atoms with Crippen molar-refractivity contribution in [1.82, 2.24) is 0 Å². The Labute approximate surface area is 95.1 Å². The molecule has 78 valence electrons. The monoisotopic (exact) mass is 244 g/mol. The molecule has 2 rings (SSSR count). The van der Waals surface area contributed by atoms with Crippen molar-refractivity contribution >= 4 is 22.9 Å². The predicted octanol–water partition coefficient (Wildman–Crippen LogP) is 4.35. The lowest BCUT2D eigenvalue weighted by molar-refractivity contribution is 0.573. The van der Waals surface area contributed by atoms with Crippen molar-refractivity contribution < 1.29 is 8.78 Å². The van der Waals surface area contributed by atoms with Crippen molar-refractivity contribution in [3.8, 4) is 0 Å². The van der Waals surface area contributed by atoms with E-state index < -0.39 is 17.0 Å². The van der Waals surface area contributed by atoms with Crippen molar-refractivity contribution in [2.75, 3.05) is 0 Å². The summed E-state index contributed by atoms with van der Waals surface area (Å²) in [5, 5.41) is 3.16. The molecule has 0 fully saturated rings. The van der Waals surface area contributed by atoms with Gasteiger partial charge >= 0.3 is 0 Å². The van der Waals surface area contributed by atoms with Crippen molar-refractivity contribution in [1.29, 1.82) is 0 Å². The smallest absolute Gasteiger partial charge is 0.131 e. The van der Waals surface area contributed by atoms with Crippen LogP contribution in [0.2, 0.25) is 0 Å². The molecule has 1 heterocycles. The maximum atomic E-state index is 13.4. The zero-order valence-corrected chi connectivity index (χ0v) is 9.16. The summed E-state index contributed by atoms with van der Waals surface area (Å²) in [6, 6.07) is 5.25. The molecule has 0 saturated carbocycles. The maximum Gasteiger partial charge on any atom is 0.131 e. The van der Waals surface area contributed by atoms with Gasteiger partial charge in [-0.25, -0.2) is 8.78 Å². The quantitative estimate of drug-likeness (QED) is 0.689. The molecule has 0 amide bonds. The molecule has 15 heavy (non-hydrogen) atoms. The van der Waals surface area contributed by atoms with Crippen LogP contribution < -0.4 is 0 Å². The van der Waals surface area contributed by atoms with Crippen molar-refractivity contribution in [2.24, 2.45) is 0 Å². The highest BCUT2D eigenvalue weighted by Gasteiger charge is 2.15. The van der Waals surface area contributed by atoms with Gasteiger partial charge in [-0.05, 0) is 28.5 Å². The van der Waals surface area contributed by atoms with Crippen LogP contribution in [0.4, 0.5) is 8.78 Å². The summed E-state index contributed by atoms with van der Waals surface area (Å²) in [6.07, 6.45) is 0. The summed E-state index contributed by atoms with van der Waals surface area (Å²) in [7, 11) is 0. The fourth-order valence-electron chi connectivity index (χ4n) is 1.31. The van der Waals surface area contributed by atoms with E-state index in [0.29, 0.717) is 5.56 Å². The molecule has 4 heteroatoms. The molecule has 0 bridgehead atoms. The lowest BCUT2D eigenvalue weighted by atomic mass is 10.1. The van der Waals surface area contributed by atoms with E-state index in [-0.39, 0.29) is 0 Å². The Morgan fingerprint density at radius 3 is 2.60 bits per heavy atom. The van der Waals surface area contributed by atoms with Gasteiger partial charge in [0, 0.05) is 11.6 Å². The van der Waals surface area contributed by atoms with E-state index in [1.54, 1.807) is 0 Å². The first-order chi connectivity index (χ1) is 7.18. The minimum atomic E-state index is -0.610. The second-order valence-corrected chi connectivity index (χ2v) is 4.30. The Morgan fingerprint density at radius 2 is 2.00 bits per heavy atom. The highest BCUT2D eigenvalue weighted by atomic mass is 35.5. The average molecular weight is 245 g/mol. The van der Waals surface area contributed by atoms with Crippen LogP contribution >= 0.6 is 22.9 Å². The van der Waals surface area contributed by atoms with Gasteiger partial charge in [-0.1, -0.05) is 6.07 Å². The fraction of sp³-hybridized carbons (Fsp3) is 0.0909. The van der Waals surface area contributed by atoms with Gasteiger partial charge in [0.25, 0.3) is 0 Å². The van der Waals surface area contributed by atoms with E-state index in [9.17, 15) is 8.78 Å². The third-order valence-corrected chi connectivity index (χ3v) is 3.26. The summed E-state index contributed by atoms with van der Waals surface area (Å²) in [4.78, 5) is 0. The molecule has 1 atom stereocenters. The molecule has 0 aliphatic heterocycles. The Balaban J connectivity index is 2.38. The standard InChI is InChI=1S/C11H7ClF2S/c12-11(7-3-4-15-6-7)9-2-1-8(13)5-10(9)14/h1-6,11H. The first-order valence-corrected chi connectivity index (χ1v) is 5.67. The summed E-state index contributed by atoms with van der Waals surface area (Å²) in [5.41, 5.74) is 1.13. The van der Waals surface area contributed by atoms with E-state index >= 15 is 0 Å². The Hall–Kier alpha value is -0.930. The molecule has 2 aromatic rings. The molecule has 1 aromatic carbocycles. The van der Waals surface area contributed by atoms with Crippen LogP contribution in [0, 0.1) is 11.6 Å². The second-order valence-electron chi connectivity index (χ2n) is 3.09. The van der Waals surface area contributed by atoms with E-state index in [1.165, 1.54) is 23.5 Å². The number of benzene rings is 1. The molecule has 0 aliphatic carbocycles. The third-order valence-electron chi connectivity index (χ3n) is 2.07. The topological polar surface area (TPSA) is 0 Å². The SMILES string of the molecule is Fc1ccc(C(Cl)c2ccsc2)c(F)c1. The average Bonchev–Trinajstić information content (AvgIpc) is 2.69. The van der Waals surface area contributed by atoms with Crippen molar-refractivity contribution in [3.05, 3.63) is 57.8 Å². The Kier molecular flexibility index (Phi) is 3.03. The predicted molar refractivity (Wildman–Crippen MR) is 58.4 cm³/mol. The highest BCUT2D eigenvalue weighted by molar-refractivity contribution is 7.08. The van der Waals surface area contributed by atoms with Gasteiger partial charge in [-0.15, -0.1) is 11.6 Å². The minimum Gasteiger partial charge on any atom is -0.207 e. The van der Waals surface area contributed by atoms with Gasteiger partial charge in [0.05, 0.1) is 5.38 Å². The Bertz CT molecular complexity index is 454. The van der Waals surface area contributed by atoms with Crippen LogP contribution in [-0.4, -0.2) is 0 Å². The van der Waals surface area contributed by atoms with E-state index in [4.69, 9.17) is 11.6 Å². The summed E-state index contributed by atoms with van der Waals surface area (Å²) in [6.45, 7) is 0. The summed E-state index contributed by atoms with van der Waals surface area (Å²) in [5.74, 6) is -1.20. The summed E-state index contributed by atoms with van der Waals surface area (Å²) < 4.78 is 26.0. The first-order valence-electron chi connectivity index (χ1n) is 4.29. The van der Waals surface area contributed by atoms with Gasteiger partial charge in [-0.2, -0.15) is 11.3 Å². The number of halogens is 3. The van der Waals surface area contributed by atoms with E-state index in [2.05, 4.69) is 0 Å². The number of thiophene rings is 1. The highest BCUT2D eigenvalue weighted by Crippen LogP contribution is 2.31. The van der Waals surface area contributed by atoms with E-state index in [0.717, 1.165) is 11.6 Å². The lowest BCUT2D eigenvalue weighted by Gasteiger charge is -2.08. The zero-order valence-electron chi connectivity index (χ0n) is 7.58. The molecule has 0 N–H and O–H groups in total. The van der Waals surface area contributed by atoms with E-state index in [1.807, 2.05) is 16.8 Å². The van der Waals surface area contributed by atoms with Crippen molar-refractivity contribution in [3.63, 3.8) is 0 Å². The van der Waals surface area contributed by atoms with Gasteiger partial charge in [0.2, 0.25) is 0 Å². The molecule has 0 spiro atoms. The zero-order chi connectivity index (χ0) is 10.8. The molecule has 0 radical (unpaired) electrons. The lowest BCUT2D eigenvalue weighted by Crippen LogP contribution is -1.96. The number of hydrogen-bond acceptors (Lipinski definition) is 1. The molecular weight excluding hydrogens is 238 g/mol. The number of hydrogen-bond donors (Lipinski definition) is 0. The molecule has 1 aromatic heterocycles. The number of alkyl halides is 1. The van der Waals surface area contributed by atoms with Gasteiger partial charge < -0.3 is 0 Å². The Morgan fingerprint density at radius 1 is 1.20 bits per heavy atom. The van der Waals surface area contributed by atoms with Crippen LogP contribution in [0.15, 0.2) is 35.0 Å². The van der Waals surface area contributed by atoms with Crippen LogP contribution in [0.25, 0.3) is 0 Å². The third kappa shape index (κ3) is 2.19. The van der Waals surface area contributed by atoms with Crippen LogP contribution in [-0.2, 0) is 0 Å². The molecular formula is C11H7ClF2S. The van der Waals surface area contributed by atoms with Gasteiger partial charge in [-0.3, -0.25) is 0 Å². The van der Waals surface area contributed by atoms with Crippen LogP contribution in [0.5, 0.6) is 0 Å². The normalized spacial score (nSPS) is 12.7. The molecule has 0 aliphatic rings. The van der Waals surface area contributed by atoms with Crippen molar-refractivity contribution in [2.45, 2.75) is 5.38 Å².